The molecule has 0 fully saturated rings. The zero-order chi connectivity index (χ0) is 9.56. The number of hydrogen-bond donors (Lipinski definition) is 0. The molecular formula is C9H16O3. The lowest BCUT2D eigenvalue weighted by Crippen LogP contribution is -2.20. The first-order valence-corrected chi connectivity index (χ1v) is 3.97. The van der Waals surface area contributed by atoms with Gasteiger partial charge in [-0.05, 0) is 13.3 Å². The Morgan fingerprint density at radius 3 is 2.50 bits per heavy atom. The van der Waals surface area contributed by atoms with Gasteiger partial charge in [0.05, 0.1) is 6.10 Å². The molecule has 0 aromatic carbocycles. The second-order valence-electron chi connectivity index (χ2n) is 2.64. The molecule has 70 valence electrons. The summed E-state index contributed by atoms with van der Waals surface area (Å²) in [4.78, 5) is 10.9. The molecule has 0 aromatic heterocycles. The van der Waals surface area contributed by atoms with Crippen LogP contribution in [0, 0.1) is 0 Å². The van der Waals surface area contributed by atoms with Crippen molar-refractivity contribution in [2.24, 2.45) is 0 Å². The van der Waals surface area contributed by atoms with Crippen molar-refractivity contribution in [3.8, 4) is 0 Å². The highest BCUT2D eigenvalue weighted by molar-refractivity contribution is 5.86. The molecule has 0 heterocycles. The summed E-state index contributed by atoms with van der Waals surface area (Å²) in [6, 6.07) is 0. The Morgan fingerprint density at radius 1 is 1.58 bits per heavy atom. The first kappa shape index (κ1) is 11.2. The van der Waals surface area contributed by atoms with Gasteiger partial charge in [0.25, 0.3) is 0 Å². The summed E-state index contributed by atoms with van der Waals surface area (Å²) in [6.45, 7) is 7.37. The van der Waals surface area contributed by atoms with E-state index in [1.807, 2.05) is 6.92 Å². The van der Waals surface area contributed by atoms with Crippen LogP contribution in [0.5, 0.6) is 0 Å². The van der Waals surface area contributed by atoms with E-state index in [0.717, 1.165) is 6.42 Å². The average molecular weight is 172 g/mol. The van der Waals surface area contributed by atoms with E-state index in [-0.39, 0.29) is 12.1 Å². The molecule has 0 spiro atoms. The van der Waals surface area contributed by atoms with E-state index >= 15 is 0 Å². The smallest absolute Gasteiger partial charge is 0.333 e. The molecule has 0 rings (SSSR count). The highest BCUT2D eigenvalue weighted by atomic mass is 16.6. The Morgan fingerprint density at radius 2 is 2.17 bits per heavy atom. The third-order valence-electron chi connectivity index (χ3n) is 1.54. The SMILES string of the molecule is C=C(C)C(=O)OCC(CC)OC. The van der Waals surface area contributed by atoms with Gasteiger partial charge in [0.2, 0.25) is 0 Å². The van der Waals surface area contributed by atoms with Gasteiger partial charge in [0.15, 0.2) is 0 Å². The summed E-state index contributed by atoms with van der Waals surface area (Å²) >= 11 is 0. The molecule has 0 saturated heterocycles. The number of carbonyl (C=O) groups excluding carboxylic acids is 1. The first-order chi connectivity index (χ1) is 5.61. The maximum atomic E-state index is 10.9. The van der Waals surface area contributed by atoms with Gasteiger partial charge in [-0.25, -0.2) is 4.79 Å². The van der Waals surface area contributed by atoms with Crippen molar-refractivity contribution in [2.75, 3.05) is 13.7 Å². The molecule has 0 N–H and O–H groups in total. The summed E-state index contributed by atoms with van der Waals surface area (Å²) in [5.74, 6) is -0.356. The van der Waals surface area contributed by atoms with Gasteiger partial charge in [-0.1, -0.05) is 13.5 Å². The lowest BCUT2D eigenvalue weighted by atomic mass is 10.3. The molecule has 0 aliphatic rings. The molecule has 0 saturated carbocycles. The fourth-order valence-corrected chi connectivity index (χ4v) is 0.644. The normalized spacial score (nSPS) is 12.2. The minimum atomic E-state index is -0.356. The van der Waals surface area contributed by atoms with Crippen molar-refractivity contribution in [1.82, 2.24) is 0 Å². The van der Waals surface area contributed by atoms with Crippen LogP contribution in [-0.4, -0.2) is 25.8 Å². The molecule has 0 bridgehead atoms. The van der Waals surface area contributed by atoms with Crippen molar-refractivity contribution >= 4 is 5.97 Å². The number of hydrogen-bond acceptors (Lipinski definition) is 3. The average Bonchev–Trinajstić information content (AvgIpc) is 2.05. The first-order valence-electron chi connectivity index (χ1n) is 3.97. The fourth-order valence-electron chi connectivity index (χ4n) is 0.644. The number of carbonyl (C=O) groups is 1. The molecule has 0 aliphatic heterocycles. The Labute approximate surface area is 73.4 Å². The molecule has 1 atom stereocenters. The molecule has 0 aromatic rings. The predicted octanol–water partition coefficient (Wildman–Crippen LogP) is 1.53. The summed E-state index contributed by atoms with van der Waals surface area (Å²) in [5.41, 5.74) is 0.418. The van der Waals surface area contributed by atoms with Gasteiger partial charge in [-0.15, -0.1) is 0 Å². The summed E-state index contributed by atoms with van der Waals surface area (Å²) in [5, 5.41) is 0. The molecule has 0 amide bonds. The Kier molecular flexibility index (Phi) is 5.37. The topological polar surface area (TPSA) is 35.5 Å². The van der Waals surface area contributed by atoms with Crippen molar-refractivity contribution in [2.45, 2.75) is 26.4 Å². The fraction of sp³-hybridized carbons (Fsp3) is 0.667. The van der Waals surface area contributed by atoms with Gasteiger partial charge in [0.1, 0.15) is 6.61 Å². The molecular weight excluding hydrogens is 156 g/mol. The van der Waals surface area contributed by atoms with E-state index in [4.69, 9.17) is 9.47 Å². The van der Waals surface area contributed by atoms with Crippen molar-refractivity contribution in [3.63, 3.8) is 0 Å². The van der Waals surface area contributed by atoms with Crippen LogP contribution in [0.3, 0.4) is 0 Å². The summed E-state index contributed by atoms with van der Waals surface area (Å²) < 4.78 is 9.91. The second kappa shape index (κ2) is 5.77. The maximum Gasteiger partial charge on any atom is 0.333 e. The van der Waals surface area contributed by atoms with Crippen LogP contribution in [0.15, 0.2) is 12.2 Å². The van der Waals surface area contributed by atoms with Crippen LogP contribution in [0.4, 0.5) is 0 Å². The van der Waals surface area contributed by atoms with E-state index in [2.05, 4.69) is 6.58 Å². The highest BCUT2D eigenvalue weighted by Gasteiger charge is 2.08. The van der Waals surface area contributed by atoms with Crippen LogP contribution in [-0.2, 0) is 14.3 Å². The predicted molar refractivity (Wildman–Crippen MR) is 46.9 cm³/mol. The van der Waals surface area contributed by atoms with Gasteiger partial charge in [0, 0.05) is 12.7 Å². The summed E-state index contributed by atoms with van der Waals surface area (Å²) in [7, 11) is 1.60. The van der Waals surface area contributed by atoms with Crippen LogP contribution in [0.25, 0.3) is 0 Å². The van der Waals surface area contributed by atoms with Gasteiger partial charge >= 0.3 is 5.97 Å². The van der Waals surface area contributed by atoms with Crippen molar-refractivity contribution < 1.29 is 14.3 Å². The Balaban J connectivity index is 3.66. The van der Waals surface area contributed by atoms with E-state index < -0.39 is 0 Å². The minimum absolute atomic E-state index is 0.00620. The third-order valence-corrected chi connectivity index (χ3v) is 1.54. The van der Waals surface area contributed by atoms with Crippen LogP contribution in [0.2, 0.25) is 0 Å². The molecule has 0 aliphatic carbocycles. The molecule has 12 heavy (non-hydrogen) atoms. The molecule has 0 radical (unpaired) electrons. The van der Waals surface area contributed by atoms with E-state index in [1.165, 1.54) is 0 Å². The number of ether oxygens (including phenoxy) is 2. The van der Waals surface area contributed by atoms with E-state index in [9.17, 15) is 4.79 Å². The lowest BCUT2D eigenvalue weighted by Gasteiger charge is -2.12. The molecule has 3 nitrogen and oxygen atoms in total. The Hall–Kier alpha value is -0.830. The molecule has 1 unspecified atom stereocenters. The van der Waals surface area contributed by atoms with Crippen LogP contribution >= 0.6 is 0 Å². The highest BCUT2D eigenvalue weighted by Crippen LogP contribution is 1.99. The zero-order valence-corrected chi connectivity index (χ0v) is 7.92. The van der Waals surface area contributed by atoms with Crippen LogP contribution < -0.4 is 0 Å². The van der Waals surface area contributed by atoms with Gasteiger partial charge < -0.3 is 9.47 Å². The van der Waals surface area contributed by atoms with Crippen molar-refractivity contribution in [1.29, 1.82) is 0 Å². The maximum absolute atomic E-state index is 10.9. The minimum Gasteiger partial charge on any atom is -0.460 e. The molecule has 3 heteroatoms. The Bertz CT molecular complexity index is 159. The van der Waals surface area contributed by atoms with Crippen molar-refractivity contribution in [3.05, 3.63) is 12.2 Å². The third kappa shape index (κ3) is 4.13. The number of methoxy groups -OCH3 is 1. The van der Waals surface area contributed by atoms with E-state index in [0.29, 0.717) is 12.2 Å². The largest absolute Gasteiger partial charge is 0.460 e. The second-order valence-corrected chi connectivity index (χ2v) is 2.64. The lowest BCUT2D eigenvalue weighted by molar-refractivity contribution is -0.142. The van der Waals surface area contributed by atoms with E-state index in [1.54, 1.807) is 14.0 Å². The standard InChI is InChI=1S/C9H16O3/c1-5-8(11-4)6-12-9(10)7(2)3/h8H,2,5-6H2,1,3-4H3. The van der Waals surface area contributed by atoms with Gasteiger partial charge in [-0.3, -0.25) is 0 Å². The number of esters is 1. The van der Waals surface area contributed by atoms with Crippen LogP contribution in [0.1, 0.15) is 20.3 Å². The monoisotopic (exact) mass is 172 g/mol. The summed E-state index contributed by atoms with van der Waals surface area (Å²) in [6.07, 6.45) is 0.827. The van der Waals surface area contributed by atoms with Gasteiger partial charge in [-0.2, -0.15) is 0 Å². The quantitative estimate of drug-likeness (QED) is 0.466. The zero-order valence-electron chi connectivity index (χ0n) is 7.92. The number of rotatable bonds is 5.